The zero-order chi connectivity index (χ0) is 13.5. The van der Waals surface area contributed by atoms with E-state index in [-0.39, 0.29) is 0 Å². The zero-order valence-corrected chi connectivity index (χ0v) is 12.4. The molecule has 1 saturated heterocycles. The van der Waals surface area contributed by atoms with Gasteiger partial charge in [-0.15, -0.1) is 11.6 Å². The van der Waals surface area contributed by atoms with Crippen molar-refractivity contribution in [3.8, 4) is 5.75 Å². The van der Waals surface area contributed by atoms with Crippen LogP contribution in [0.3, 0.4) is 0 Å². The van der Waals surface area contributed by atoms with E-state index in [0.717, 1.165) is 31.6 Å². The Morgan fingerprint density at radius 1 is 1.47 bits per heavy atom. The molecule has 106 valence electrons. The lowest BCUT2D eigenvalue weighted by Gasteiger charge is -2.16. The van der Waals surface area contributed by atoms with Gasteiger partial charge in [-0.1, -0.05) is 12.1 Å². The highest BCUT2D eigenvalue weighted by molar-refractivity contribution is 6.18. The van der Waals surface area contributed by atoms with Gasteiger partial charge in [0, 0.05) is 12.5 Å². The van der Waals surface area contributed by atoms with Crippen molar-refractivity contribution in [2.45, 2.75) is 38.2 Å². The van der Waals surface area contributed by atoms with Crippen LogP contribution in [0.4, 0.5) is 0 Å². The van der Waals surface area contributed by atoms with Crippen LogP contribution in [-0.4, -0.2) is 25.7 Å². The molecule has 0 aromatic heterocycles. The van der Waals surface area contributed by atoms with Crippen molar-refractivity contribution >= 4 is 11.6 Å². The van der Waals surface area contributed by atoms with Crippen molar-refractivity contribution in [2.75, 3.05) is 19.6 Å². The second-order valence-electron chi connectivity index (χ2n) is 5.29. The molecule has 0 bridgehead atoms. The smallest absolute Gasteiger partial charge is 0.119 e. The number of benzene rings is 1. The first kappa shape index (κ1) is 14.7. The Morgan fingerprint density at radius 2 is 2.37 bits per heavy atom. The minimum atomic E-state index is 0.469. The predicted octanol–water partition coefficient (Wildman–Crippen LogP) is 4.05. The van der Waals surface area contributed by atoms with Crippen molar-refractivity contribution in [3.05, 3.63) is 29.8 Å². The number of hydrogen-bond acceptors (Lipinski definition) is 2. The lowest BCUT2D eigenvalue weighted by atomic mass is 9.94. The molecule has 0 saturated carbocycles. The maximum absolute atomic E-state index is 6.10. The van der Waals surface area contributed by atoms with Crippen LogP contribution in [0.2, 0.25) is 0 Å². The number of methoxy groups -OCH3 is 1. The minimum Gasteiger partial charge on any atom is -0.497 e. The molecule has 0 aliphatic carbocycles. The summed E-state index contributed by atoms with van der Waals surface area (Å²) in [6.07, 6.45) is 6.21. The monoisotopic (exact) mass is 282 g/mol. The van der Waals surface area contributed by atoms with E-state index in [1.807, 2.05) is 12.1 Å². The van der Waals surface area contributed by atoms with Gasteiger partial charge in [0.15, 0.2) is 0 Å². The van der Waals surface area contributed by atoms with Gasteiger partial charge in [-0.3, -0.25) is 0 Å². The van der Waals surface area contributed by atoms with Gasteiger partial charge in [0.2, 0.25) is 0 Å². The topological polar surface area (TPSA) is 18.5 Å². The molecule has 0 amide bonds. The molecule has 2 unspecified atom stereocenters. The Balaban J connectivity index is 1.83. The Morgan fingerprint density at radius 3 is 3.05 bits per heavy atom. The summed E-state index contributed by atoms with van der Waals surface area (Å²) in [6, 6.07) is 8.27. The molecule has 3 heteroatoms. The van der Waals surface area contributed by atoms with Gasteiger partial charge in [-0.05, 0) is 55.7 Å². The Labute approximate surface area is 121 Å². The highest BCUT2D eigenvalue weighted by Crippen LogP contribution is 2.23. The molecular formula is C16H23ClO2. The van der Waals surface area contributed by atoms with Crippen molar-refractivity contribution < 1.29 is 9.47 Å². The number of hydrogen-bond donors (Lipinski definition) is 0. The Hall–Kier alpha value is -0.730. The molecule has 2 nitrogen and oxygen atoms in total. The van der Waals surface area contributed by atoms with Gasteiger partial charge in [0.25, 0.3) is 0 Å². The molecule has 19 heavy (non-hydrogen) atoms. The quantitative estimate of drug-likeness (QED) is 0.703. The van der Waals surface area contributed by atoms with E-state index in [1.165, 1.54) is 18.4 Å². The molecule has 0 radical (unpaired) electrons. The minimum absolute atomic E-state index is 0.469. The lowest BCUT2D eigenvalue weighted by molar-refractivity contribution is 0.0988. The Bertz CT molecular complexity index is 375. The SMILES string of the molecule is COc1cccc(CC(CCl)CCC2CCCO2)c1. The molecule has 1 aromatic carbocycles. The molecule has 2 atom stereocenters. The third kappa shape index (κ3) is 4.70. The largest absolute Gasteiger partial charge is 0.497 e. The van der Waals surface area contributed by atoms with Gasteiger partial charge in [0.05, 0.1) is 13.2 Å². The van der Waals surface area contributed by atoms with Crippen molar-refractivity contribution in [1.29, 1.82) is 0 Å². The molecule has 1 fully saturated rings. The summed E-state index contributed by atoms with van der Waals surface area (Å²) in [5, 5.41) is 0. The van der Waals surface area contributed by atoms with Crippen LogP contribution in [0.25, 0.3) is 0 Å². The van der Waals surface area contributed by atoms with Crippen LogP contribution in [0.1, 0.15) is 31.2 Å². The third-order valence-corrected chi connectivity index (χ3v) is 4.23. The van der Waals surface area contributed by atoms with Crippen molar-refractivity contribution in [3.63, 3.8) is 0 Å². The average molecular weight is 283 g/mol. The van der Waals surface area contributed by atoms with E-state index in [2.05, 4.69) is 12.1 Å². The molecule has 1 aliphatic rings. The lowest BCUT2D eigenvalue weighted by Crippen LogP contribution is -2.12. The molecule has 1 aromatic rings. The molecular weight excluding hydrogens is 260 g/mol. The number of ether oxygens (including phenoxy) is 2. The highest BCUT2D eigenvalue weighted by atomic mass is 35.5. The molecule has 1 aliphatic heterocycles. The molecule has 2 rings (SSSR count). The summed E-state index contributed by atoms with van der Waals surface area (Å²) in [7, 11) is 1.70. The van der Waals surface area contributed by atoms with E-state index in [9.17, 15) is 0 Å². The molecule has 0 spiro atoms. The average Bonchev–Trinajstić information content (AvgIpc) is 2.97. The van der Waals surface area contributed by atoms with Gasteiger partial charge >= 0.3 is 0 Å². The number of alkyl halides is 1. The van der Waals surface area contributed by atoms with Crippen LogP contribution in [0.15, 0.2) is 24.3 Å². The van der Waals surface area contributed by atoms with E-state index in [0.29, 0.717) is 17.9 Å². The van der Waals surface area contributed by atoms with Gasteiger partial charge in [0.1, 0.15) is 5.75 Å². The fraction of sp³-hybridized carbons (Fsp3) is 0.625. The van der Waals surface area contributed by atoms with E-state index in [4.69, 9.17) is 21.1 Å². The summed E-state index contributed by atoms with van der Waals surface area (Å²) in [5.41, 5.74) is 1.30. The first-order chi connectivity index (χ1) is 9.31. The van der Waals surface area contributed by atoms with Crippen LogP contribution in [0, 0.1) is 5.92 Å². The van der Waals surface area contributed by atoms with Crippen LogP contribution >= 0.6 is 11.6 Å². The van der Waals surface area contributed by atoms with Crippen LogP contribution in [-0.2, 0) is 11.2 Å². The Kier molecular flexibility index (Phi) is 5.99. The fourth-order valence-electron chi connectivity index (χ4n) is 2.66. The third-order valence-electron chi connectivity index (χ3n) is 3.80. The predicted molar refractivity (Wildman–Crippen MR) is 79.1 cm³/mol. The summed E-state index contributed by atoms with van der Waals surface area (Å²) in [5.74, 6) is 2.16. The summed E-state index contributed by atoms with van der Waals surface area (Å²) in [6.45, 7) is 0.937. The van der Waals surface area contributed by atoms with E-state index >= 15 is 0 Å². The zero-order valence-electron chi connectivity index (χ0n) is 11.6. The van der Waals surface area contributed by atoms with Gasteiger partial charge in [-0.25, -0.2) is 0 Å². The van der Waals surface area contributed by atoms with Crippen LogP contribution < -0.4 is 4.74 Å². The second kappa shape index (κ2) is 7.76. The van der Waals surface area contributed by atoms with E-state index in [1.54, 1.807) is 7.11 Å². The summed E-state index contributed by atoms with van der Waals surface area (Å²) < 4.78 is 10.9. The van der Waals surface area contributed by atoms with Gasteiger partial charge in [-0.2, -0.15) is 0 Å². The normalized spacial score (nSPS) is 20.4. The maximum Gasteiger partial charge on any atom is 0.119 e. The van der Waals surface area contributed by atoms with E-state index < -0.39 is 0 Å². The molecule has 0 N–H and O–H groups in total. The first-order valence-electron chi connectivity index (χ1n) is 7.12. The van der Waals surface area contributed by atoms with Gasteiger partial charge < -0.3 is 9.47 Å². The number of halogens is 1. The van der Waals surface area contributed by atoms with Crippen molar-refractivity contribution in [1.82, 2.24) is 0 Å². The standard InChI is InChI=1S/C16H23ClO2/c1-18-16-5-2-4-13(11-16)10-14(12-17)7-8-15-6-3-9-19-15/h2,4-5,11,14-15H,3,6-10,12H2,1H3. The number of rotatable bonds is 7. The highest BCUT2D eigenvalue weighted by Gasteiger charge is 2.18. The maximum atomic E-state index is 6.10. The summed E-state index contributed by atoms with van der Waals surface area (Å²) >= 11 is 6.10. The second-order valence-corrected chi connectivity index (χ2v) is 5.60. The first-order valence-corrected chi connectivity index (χ1v) is 7.65. The van der Waals surface area contributed by atoms with Crippen molar-refractivity contribution in [2.24, 2.45) is 5.92 Å². The fourth-order valence-corrected chi connectivity index (χ4v) is 2.92. The van der Waals surface area contributed by atoms with Crippen LogP contribution in [0.5, 0.6) is 5.75 Å². The summed E-state index contributed by atoms with van der Waals surface area (Å²) in [4.78, 5) is 0. The molecule has 1 heterocycles.